The molecule has 50 valence electrons. The Hall–Kier alpha value is -0.860. The van der Waals surface area contributed by atoms with E-state index in [9.17, 15) is 9.59 Å². The summed E-state index contributed by atoms with van der Waals surface area (Å²) in [6.45, 7) is 1.49. The van der Waals surface area contributed by atoms with Crippen LogP contribution in [-0.4, -0.2) is 11.7 Å². The molecule has 3 heteroatoms. The molecule has 0 aromatic heterocycles. The Labute approximate surface area is 53.2 Å². The summed E-state index contributed by atoms with van der Waals surface area (Å²) in [5.74, 6) is -0.459. The molecule has 0 spiro atoms. The van der Waals surface area contributed by atoms with Crippen LogP contribution in [-0.2, 0) is 9.59 Å². The van der Waals surface area contributed by atoms with Gasteiger partial charge in [0.05, 0.1) is 0 Å². The SMILES string of the molecule is CC(=O)C1CC1C(N)=O. The second-order valence-corrected chi connectivity index (χ2v) is 2.46. The van der Waals surface area contributed by atoms with E-state index in [1.165, 1.54) is 6.92 Å². The quantitative estimate of drug-likeness (QED) is 0.553. The Morgan fingerprint density at radius 3 is 2.11 bits per heavy atom. The van der Waals surface area contributed by atoms with Crippen LogP contribution in [0.15, 0.2) is 0 Å². The summed E-state index contributed by atoms with van der Waals surface area (Å²) in [5.41, 5.74) is 4.93. The monoisotopic (exact) mass is 127 g/mol. The predicted octanol–water partition coefficient (Wildman–Crippen LogP) is -0.303. The topological polar surface area (TPSA) is 60.2 Å². The molecule has 1 aliphatic rings. The van der Waals surface area contributed by atoms with Crippen molar-refractivity contribution in [2.75, 3.05) is 0 Å². The lowest BCUT2D eigenvalue weighted by atomic mass is 10.2. The highest BCUT2D eigenvalue weighted by atomic mass is 16.1. The Morgan fingerprint density at radius 1 is 1.44 bits per heavy atom. The van der Waals surface area contributed by atoms with Gasteiger partial charge in [0.1, 0.15) is 5.78 Å². The summed E-state index contributed by atoms with van der Waals surface area (Å²) in [5, 5.41) is 0. The van der Waals surface area contributed by atoms with Gasteiger partial charge in [-0.25, -0.2) is 0 Å². The van der Waals surface area contributed by atoms with Crippen LogP contribution in [0.2, 0.25) is 0 Å². The van der Waals surface area contributed by atoms with Crippen LogP contribution < -0.4 is 5.73 Å². The highest BCUT2D eigenvalue weighted by Crippen LogP contribution is 2.38. The number of rotatable bonds is 2. The van der Waals surface area contributed by atoms with Gasteiger partial charge in [-0.15, -0.1) is 0 Å². The first-order valence-corrected chi connectivity index (χ1v) is 2.92. The largest absolute Gasteiger partial charge is 0.369 e. The van der Waals surface area contributed by atoms with E-state index < -0.39 is 0 Å². The van der Waals surface area contributed by atoms with Crippen molar-refractivity contribution in [2.24, 2.45) is 17.6 Å². The van der Waals surface area contributed by atoms with Crippen LogP contribution in [0.4, 0.5) is 0 Å². The molecular weight excluding hydrogens is 118 g/mol. The molecular formula is C6H9NO2. The number of ketones is 1. The standard InChI is InChI=1S/C6H9NO2/c1-3(8)4-2-5(4)6(7)9/h4-5H,2H2,1H3,(H2,7,9). The molecule has 9 heavy (non-hydrogen) atoms. The van der Waals surface area contributed by atoms with Gasteiger partial charge in [-0.3, -0.25) is 9.59 Å². The van der Waals surface area contributed by atoms with Crippen molar-refractivity contribution in [3.63, 3.8) is 0 Å². The van der Waals surface area contributed by atoms with Crippen LogP contribution in [0.25, 0.3) is 0 Å². The molecule has 2 N–H and O–H groups in total. The second kappa shape index (κ2) is 1.83. The number of amides is 1. The lowest BCUT2D eigenvalue weighted by Crippen LogP contribution is -2.15. The molecule has 3 nitrogen and oxygen atoms in total. The highest BCUT2D eigenvalue weighted by Gasteiger charge is 2.44. The molecule has 0 saturated heterocycles. The molecule has 0 bridgehead atoms. The molecule has 1 aliphatic carbocycles. The number of Topliss-reactive ketones (excluding diaryl/α,β-unsaturated/α-hetero) is 1. The van der Waals surface area contributed by atoms with Gasteiger partial charge in [0.2, 0.25) is 5.91 Å². The van der Waals surface area contributed by atoms with Crippen LogP contribution in [0.5, 0.6) is 0 Å². The number of carbonyl (C=O) groups excluding carboxylic acids is 2. The Bertz CT molecular complexity index is 146. The summed E-state index contributed by atoms with van der Waals surface area (Å²) >= 11 is 0. The van der Waals surface area contributed by atoms with E-state index in [-0.39, 0.29) is 23.5 Å². The van der Waals surface area contributed by atoms with Gasteiger partial charge >= 0.3 is 0 Å². The van der Waals surface area contributed by atoms with E-state index in [1.54, 1.807) is 0 Å². The van der Waals surface area contributed by atoms with E-state index in [2.05, 4.69) is 0 Å². The minimum absolute atomic E-state index is 0.0532. The lowest BCUT2D eigenvalue weighted by Gasteiger charge is -1.86. The van der Waals surface area contributed by atoms with Crippen molar-refractivity contribution in [2.45, 2.75) is 13.3 Å². The number of primary amides is 1. The zero-order valence-electron chi connectivity index (χ0n) is 5.26. The molecule has 0 aromatic carbocycles. The van der Waals surface area contributed by atoms with Crippen LogP contribution in [0, 0.1) is 11.8 Å². The van der Waals surface area contributed by atoms with Crippen LogP contribution in [0.1, 0.15) is 13.3 Å². The zero-order valence-corrected chi connectivity index (χ0v) is 5.26. The minimum Gasteiger partial charge on any atom is -0.369 e. The summed E-state index contributed by atoms with van der Waals surface area (Å²) in [6.07, 6.45) is 0.671. The second-order valence-electron chi connectivity index (χ2n) is 2.46. The van der Waals surface area contributed by atoms with Crippen molar-refractivity contribution in [1.82, 2.24) is 0 Å². The average molecular weight is 127 g/mol. The van der Waals surface area contributed by atoms with Crippen LogP contribution >= 0.6 is 0 Å². The molecule has 0 aliphatic heterocycles. The normalized spacial score (nSPS) is 31.7. The maximum absolute atomic E-state index is 10.5. The Balaban J connectivity index is 2.42. The van der Waals surface area contributed by atoms with E-state index in [1.807, 2.05) is 0 Å². The molecule has 1 saturated carbocycles. The average Bonchev–Trinajstić information content (AvgIpc) is 2.39. The van der Waals surface area contributed by atoms with Gasteiger partial charge in [0, 0.05) is 11.8 Å². The molecule has 2 unspecified atom stereocenters. The number of carbonyl (C=O) groups is 2. The number of hydrogen-bond acceptors (Lipinski definition) is 2. The minimum atomic E-state index is -0.338. The van der Waals surface area contributed by atoms with Crippen molar-refractivity contribution in [3.8, 4) is 0 Å². The zero-order chi connectivity index (χ0) is 7.02. The van der Waals surface area contributed by atoms with Crippen molar-refractivity contribution >= 4 is 11.7 Å². The number of hydrogen-bond donors (Lipinski definition) is 1. The van der Waals surface area contributed by atoms with E-state index in [0.29, 0.717) is 6.42 Å². The fourth-order valence-electron chi connectivity index (χ4n) is 0.959. The van der Waals surface area contributed by atoms with Gasteiger partial charge in [-0.1, -0.05) is 0 Å². The number of nitrogens with two attached hydrogens (primary N) is 1. The maximum Gasteiger partial charge on any atom is 0.221 e. The van der Waals surface area contributed by atoms with Gasteiger partial charge in [0.15, 0.2) is 0 Å². The third-order valence-corrected chi connectivity index (χ3v) is 1.68. The predicted molar refractivity (Wildman–Crippen MR) is 31.5 cm³/mol. The van der Waals surface area contributed by atoms with Gasteiger partial charge in [-0.2, -0.15) is 0 Å². The van der Waals surface area contributed by atoms with Gasteiger partial charge in [0.25, 0.3) is 0 Å². The summed E-state index contributed by atoms with van der Waals surface area (Å²) in [7, 11) is 0. The fraction of sp³-hybridized carbons (Fsp3) is 0.667. The Kier molecular flexibility index (Phi) is 1.27. The lowest BCUT2D eigenvalue weighted by molar-refractivity contribution is -0.123. The summed E-state index contributed by atoms with van der Waals surface area (Å²) in [4.78, 5) is 20.9. The van der Waals surface area contributed by atoms with Crippen LogP contribution in [0.3, 0.4) is 0 Å². The van der Waals surface area contributed by atoms with Crippen molar-refractivity contribution in [3.05, 3.63) is 0 Å². The first kappa shape index (κ1) is 6.26. The molecule has 1 amide bonds. The smallest absolute Gasteiger partial charge is 0.221 e. The van der Waals surface area contributed by atoms with Gasteiger partial charge < -0.3 is 5.73 Å². The van der Waals surface area contributed by atoms with Gasteiger partial charge in [-0.05, 0) is 13.3 Å². The molecule has 0 radical (unpaired) electrons. The van der Waals surface area contributed by atoms with E-state index in [0.717, 1.165) is 0 Å². The fourth-order valence-corrected chi connectivity index (χ4v) is 0.959. The first-order chi connectivity index (χ1) is 4.13. The highest BCUT2D eigenvalue weighted by molar-refractivity contribution is 5.91. The molecule has 0 heterocycles. The van der Waals surface area contributed by atoms with E-state index in [4.69, 9.17) is 5.73 Å². The van der Waals surface area contributed by atoms with Crippen molar-refractivity contribution in [1.29, 1.82) is 0 Å². The van der Waals surface area contributed by atoms with Crippen molar-refractivity contribution < 1.29 is 9.59 Å². The third kappa shape index (κ3) is 1.09. The first-order valence-electron chi connectivity index (χ1n) is 2.92. The molecule has 1 fully saturated rings. The third-order valence-electron chi connectivity index (χ3n) is 1.68. The molecule has 0 aromatic rings. The summed E-state index contributed by atoms with van der Waals surface area (Å²) in [6, 6.07) is 0. The molecule has 2 atom stereocenters. The summed E-state index contributed by atoms with van der Waals surface area (Å²) < 4.78 is 0. The maximum atomic E-state index is 10.5. The Morgan fingerprint density at radius 2 is 2.00 bits per heavy atom. The van der Waals surface area contributed by atoms with E-state index >= 15 is 0 Å². The molecule has 1 rings (SSSR count).